The zero-order chi connectivity index (χ0) is 14.4. The summed E-state index contributed by atoms with van der Waals surface area (Å²) in [5.74, 6) is 0.636. The smallest absolute Gasteiger partial charge is 0.146 e. The molecule has 1 aliphatic carbocycles. The van der Waals surface area contributed by atoms with Crippen molar-refractivity contribution in [2.24, 2.45) is 5.92 Å². The van der Waals surface area contributed by atoms with Gasteiger partial charge in [-0.2, -0.15) is 0 Å². The molecule has 0 saturated heterocycles. The SMILES string of the molecule is CCCNCc1cccc(F)c1N(C)CC1CCCC1. The molecule has 2 rings (SSSR count). The Morgan fingerprint density at radius 1 is 1.30 bits per heavy atom. The molecule has 1 saturated carbocycles. The van der Waals surface area contributed by atoms with E-state index in [1.165, 1.54) is 25.7 Å². The average molecular weight is 278 g/mol. The highest BCUT2D eigenvalue weighted by atomic mass is 19.1. The molecule has 1 fully saturated rings. The van der Waals surface area contributed by atoms with Gasteiger partial charge in [-0.05, 0) is 43.4 Å². The molecule has 0 heterocycles. The number of benzene rings is 1. The number of nitrogens with one attached hydrogen (secondary N) is 1. The van der Waals surface area contributed by atoms with E-state index in [4.69, 9.17) is 0 Å². The van der Waals surface area contributed by atoms with Gasteiger partial charge in [0.2, 0.25) is 0 Å². The highest BCUT2D eigenvalue weighted by Gasteiger charge is 2.20. The van der Waals surface area contributed by atoms with E-state index in [0.717, 1.165) is 43.2 Å². The molecule has 2 nitrogen and oxygen atoms in total. The van der Waals surface area contributed by atoms with Crippen molar-refractivity contribution in [3.05, 3.63) is 29.6 Å². The van der Waals surface area contributed by atoms with Crippen molar-refractivity contribution in [3.8, 4) is 0 Å². The van der Waals surface area contributed by atoms with Gasteiger partial charge in [0.15, 0.2) is 0 Å². The molecule has 0 aromatic heterocycles. The van der Waals surface area contributed by atoms with Crippen LogP contribution in [0.1, 0.15) is 44.6 Å². The van der Waals surface area contributed by atoms with Crippen LogP contribution in [0.15, 0.2) is 18.2 Å². The molecule has 0 radical (unpaired) electrons. The zero-order valence-electron chi connectivity index (χ0n) is 12.8. The lowest BCUT2D eigenvalue weighted by atomic mass is 10.1. The predicted octanol–water partition coefficient (Wildman–Crippen LogP) is 3.95. The first-order valence-corrected chi connectivity index (χ1v) is 7.91. The first-order valence-electron chi connectivity index (χ1n) is 7.91. The van der Waals surface area contributed by atoms with Crippen molar-refractivity contribution in [1.82, 2.24) is 5.32 Å². The molecule has 0 amide bonds. The summed E-state index contributed by atoms with van der Waals surface area (Å²) in [5.41, 5.74) is 1.85. The van der Waals surface area contributed by atoms with E-state index in [2.05, 4.69) is 17.1 Å². The largest absolute Gasteiger partial charge is 0.372 e. The molecular weight excluding hydrogens is 251 g/mol. The average Bonchev–Trinajstić information content (AvgIpc) is 2.92. The van der Waals surface area contributed by atoms with Gasteiger partial charge in [-0.1, -0.05) is 31.9 Å². The molecule has 20 heavy (non-hydrogen) atoms. The monoisotopic (exact) mass is 278 g/mol. The van der Waals surface area contributed by atoms with Gasteiger partial charge in [0.25, 0.3) is 0 Å². The number of hydrogen-bond acceptors (Lipinski definition) is 2. The molecule has 3 heteroatoms. The van der Waals surface area contributed by atoms with Gasteiger partial charge in [0.05, 0.1) is 5.69 Å². The maximum absolute atomic E-state index is 14.2. The van der Waals surface area contributed by atoms with Crippen LogP contribution in [0.4, 0.5) is 10.1 Å². The Morgan fingerprint density at radius 3 is 2.75 bits per heavy atom. The van der Waals surface area contributed by atoms with E-state index in [1.54, 1.807) is 6.07 Å². The Bertz CT molecular complexity index is 413. The molecule has 1 aromatic carbocycles. The first kappa shape index (κ1) is 15.3. The van der Waals surface area contributed by atoms with Crippen molar-refractivity contribution in [3.63, 3.8) is 0 Å². The Balaban J connectivity index is 2.06. The second-order valence-electron chi connectivity index (χ2n) is 5.96. The Labute approximate surface area is 122 Å². The summed E-state index contributed by atoms with van der Waals surface area (Å²) < 4.78 is 14.2. The maximum atomic E-state index is 14.2. The zero-order valence-corrected chi connectivity index (χ0v) is 12.8. The summed E-state index contributed by atoms with van der Waals surface area (Å²) in [6, 6.07) is 5.42. The van der Waals surface area contributed by atoms with Crippen molar-refractivity contribution in [2.45, 2.75) is 45.6 Å². The summed E-state index contributed by atoms with van der Waals surface area (Å²) in [6.07, 6.45) is 6.36. The fourth-order valence-electron chi connectivity index (χ4n) is 3.20. The molecular formula is C17H27FN2. The van der Waals surface area contributed by atoms with Crippen LogP contribution < -0.4 is 10.2 Å². The Hall–Kier alpha value is -1.09. The van der Waals surface area contributed by atoms with E-state index in [0.29, 0.717) is 0 Å². The molecule has 0 atom stereocenters. The van der Waals surface area contributed by atoms with Gasteiger partial charge in [0, 0.05) is 20.1 Å². The summed E-state index contributed by atoms with van der Waals surface area (Å²) in [6.45, 7) is 4.84. The summed E-state index contributed by atoms with van der Waals surface area (Å²) in [5, 5.41) is 3.37. The lowest BCUT2D eigenvalue weighted by Crippen LogP contribution is -2.27. The van der Waals surface area contributed by atoms with Crippen LogP contribution in [-0.4, -0.2) is 20.1 Å². The van der Waals surface area contributed by atoms with Gasteiger partial charge < -0.3 is 10.2 Å². The minimum atomic E-state index is -0.0960. The molecule has 1 N–H and O–H groups in total. The van der Waals surface area contributed by atoms with Gasteiger partial charge in [-0.3, -0.25) is 0 Å². The first-order chi connectivity index (χ1) is 9.72. The van der Waals surface area contributed by atoms with Crippen molar-refractivity contribution in [1.29, 1.82) is 0 Å². The number of nitrogens with zero attached hydrogens (tertiary/aromatic N) is 1. The highest BCUT2D eigenvalue weighted by Crippen LogP contribution is 2.29. The minimum Gasteiger partial charge on any atom is -0.372 e. The predicted molar refractivity (Wildman–Crippen MR) is 83.6 cm³/mol. The van der Waals surface area contributed by atoms with Crippen LogP contribution in [0.3, 0.4) is 0 Å². The molecule has 0 unspecified atom stereocenters. The fraction of sp³-hybridized carbons (Fsp3) is 0.647. The van der Waals surface area contributed by atoms with Gasteiger partial charge in [-0.15, -0.1) is 0 Å². The lowest BCUT2D eigenvalue weighted by Gasteiger charge is -2.26. The second kappa shape index (κ2) is 7.63. The molecule has 0 spiro atoms. The highest BCUT2D eigenvalue weighted by molar-refractivity contribution is 5.54. The quantitative estimate of drug-likeness (QED) is 0.760. The van der Waals surface area contributed by atoms with Gasteiger partial charge >= 0.3 is 0 Å². The normalized spacial score (nSPS) is 15.8. The van der Waals surface area contributed by atoms with Gasteiger partial charge in [-0.25, -0.2) is 4.39 Å². The third kappa shape index (κ3) is 3.95. The number of para-hydroxylation sites is 1. The number of rotatable bonds is 7. The van der Waals surface area contributed by atoms with Crippen LogP contribution in [0.25, 0.3) is 0 Å². The van der Waals surface area contributed by atoms with Crippen LogP contribution in [0.2, 0.25) is 0 Å². The van der Waals surface area contributed by atoms with E-state index < -0.39 is 0 Å². The number of hydrogen-bond donors (Lipinski definition) is 1. The molecule has 0 aliphatic heterocycles. The lowest BCUT2D eigenvalue weighted by molar-refractivity contribution is 0.536. The molecule has 1 aromatic rings. The Kier molecular flexibility index (Phi) is 5.84. The van der Waals surface area contributed by atoms with Crippen LogP contribution in [0, 0.1) is 11.7 Å². The van der Waals surface area contributed by atoms with Crippen LogP contribution in [0.5, 0.6) is 0 Å². The summed E-state index contributed by atoms with van der Waals surface area (Å²) >= 11 is 0. The van der Waals surface area contributed by atoms with Crippen molar-refractivity contribution < 1.29 is 4.39 Å². The van der Waals surface area contributed by atoms with Crippen LogP contribution >= 0.6 is 0 Å². The van der Waals surface area contributed by atoms with Crippen LogP contribution in [-0.2, 0) is 6.54 Å². The summed E-state index contributed by atoms with van der Waals surface area (Å²) in [7, 11) is 2.03. The second-order valence-corrected chi connectivity index (χ2v) is 5.96. The maximum Gasteiger partial charge on any atom is 0.146 e. The third-order valence-corrected chi connectivity index (χ3v) is 4.20. The third-order valence-electron chi connectivity index (χ3n) is 4.20. The number of anilines is 1. The van der Waals surface area contributed by atoms with Crippen molar-refractivity contribution in [2.75, 3.05) is 25.0 Å². The van der Waals surface area contributed by atoms with Gasteiger partial charge in [0.1, 0.15) is 5.82 Å². The Morgan fingerprint density at radius 2 is 2.05 bits per heavy atom. The van der Waals surface area contributed by atoms with E-state index in [1.807, 2.05) is 19.2 Å². The fourth-order valence-corrected chi connectivity index (χ4v) is 3.20. The molecule has 1 aliphatic rings. The molecule has 0 bridgehead atoms. The summed E-state index contributed by atoms with van der Waals surface area (Å²) in [4.78, 5) is 2.12. The minimum absolute atomic E-state index is 0.0960. The number of halogens is 1. The van der Waals surface area contributed by atoms with E-state index >= 15 is 0 Å². The van der Waals surface area contributed by atoms with E-state index in [-0.39, 0.29) is 5.82 Å². The van der Waals surface area contributed by atoms with Crippen molar-refractivity contribution >= 4 is 5.69 Å². The topological polar surface area (TPSA) is 15.3 Å². The molecule has 112 valence electrons. The standard InChI is InChI=1S/C17H27FN2/c1-3-11-19-12-15-9-6-10-16(18)17(15)20(2)13-14-7-4-5-8-14/h6,9-10,14,19H,3-5,7-8,11-13H2,1-2H3. The van der Waals surface area contributed by atoms with E-state index in [9.17, 15) is 4.39 Å².